The Kier molecular flexibility index (Phi) is 2.65. The summed E-state index contributed by atoms with van der Waals surface area (Å²) < 4.78 is 0. The summed E-state index contributed by atoms with van der Waals surface area (Å²) in [4.78, 5) is 13.6. The van der Waals surface area contributed by atoms with Crippen LogP contribution in [0.15, 0.2) is 16.9 Å². The van der Waals surface area contributed by atoms with Crippen molar-refractivity contribution in [3.63, 3.8) is 0 Å². The number of nitrogens with one attached hydrogen (secondary N) is 1. The van der Waals surface area contributed by atoms with Crippen LogP contribution in [0, 0.1) is 11.3 Å². The summed E-state index contributed by atoms with van der Waals surface area (Å²) in [6, 6.07) is 4.96. The largest absolute Gasteiger partial charge is 0.326 e. The van der Waals surface area contributed by atoms with Crippen molar-refractivity contribution in [3.8, 4) is 6.07 Å². The highest BCUT2D eigenvalue weighted by Crippen LogP contribution is 1.99. The highest BCUT2D eigenvalue weighted by molar-refractivity contribution is 5.28. The fraction of sp³-hybridized carbons (Fsp3) is 0.333. The molecule has 62 valence electrons. The zero-order chi connectivity index (χ0) is 8.97. The summed E-state index contributed by atoms with van der Waals surface area (Å²) in [5, 5.41) is 8.55. The monoisotopic (exact) mass is 162 g/mol. The first-order valence-corrected chi connectivity index (χ1v) is 3.89. The lowest BCUT2D eigenvalue weighted by Crippen LogP contribution is -2.08. The normalized spacial score (nSPS) is 9.33. The van der Waals surface area contributed by atoms with Crippen LogP contribution in [-0.4, -0.2) is 4.98 Å². The predicted molar refractivity (Wildman–Crippen MR) is 45.8 cm³/mol. The number of nitriles is 1. The minimum atomic E-state index is -0.197. The van der Waals surface area contributed by atoms with Gasteiger partial charge in [0.2, 0.25) is 5.56 Å². The van der Waals surface area contributed by atoms with Crippen molar-refractivity contribution in [2.24, 2.45) is 0 Å². The van der Waals surface area contributed by atoms with Gasteiger partial charge in [-0.2, -0.15) is 5.26 Å². The van der Waals surface area contributed by atoms with E-state index < -0.39 is 0 Å². The second-order valence-corrected chi connectivity index (χ2v) is 2.62. The van der Waals surface area contributed by atoms with Crippen molar-refractivity contribution in [1.29, 1.82) is 5.26 Å². The highest BCUT2D eigenvalue weighted by Gasteiger charge is 1.96. The molecule has 0 aromatic carbocycles. The summed E-state index contributed by atoms with van der Waals surface area (Å²) in [5.41, 5.74) is 1.07. The average molecular weight is 162 g/mol. The van der Waals surface area contributed by atoms with E-state index in [9.17, 15) is 4.79 Å². The van der Waals surface area contributed by atoms with E-state index in [1.807, 2.05) is 13.0 Å². The Balaban J connectivity index is 3.09. The molecule has 0 spiro atoms. The van der Waals surface area contributed by atoms with Crippen LogP contribution in [0.1, 0.15) is 24.6 Å². The molecular weight excluding hydrogens is 152 g/mol. The first-order valence-electron chi connectivity index (χ1n) is 3.89. The van der Waals surface area contributed by atoms with Gasteiger partial charge in [0.25, 0.3) is 0 Å². The van der Waals surface area contributed by atoms with E-state index in [2.05, 4.69) is 4.98 Å². The lowest BCUT2D eigenvalue weighted by molar-refractivity contribution is 0.874. The maximum atomic E-state index is 10.9. The molecule has 3 nitrogen and oxygen atoms in total. The third-order valence-corrected chi connectivity index (χ3v) is 1.55. The average Bonchev–Trinajstić information content (AvgIpc) is 2.04. The molecule has 12 heavy (non-hydrogen) atoms. The molecular formula is C9H10N2O. The van der Waals surface area contributed by atoms with Gasteiger partial charge in [-0.05, 0) is 12.5 Å². The van der Waals surface area contributed by atoms with Gasteiger partial charge >= 0.3 is 0 Å². The van der Waals surface area contributed by atoms with Gasteiger partial charge in [-0.3, -0.25) is 4.79 Å². The molecule has 1 rings (SSSR count). The molecule has 1 aromatic rings. The number of aromatic nitrogens is 1. The Labute approximate surface area is 70.7 Å². The van der Waals surface area contributed by atoms with E-state index in [4.69, 9.17) is 5.26 Å². The van der Waals surface area contributed by atoms with Crippen molar-refractivity contribution in [1.82, 2.24) is 4.98 Å². The first kappa shape index (κ1) is 8.54. The second kappa shape index (κ2) is 3.72. The third kappa shape index (κ3) is 1.96. The van der Waals surface area contributed by atoms with Crippen LogP contribution in [0.25, 0.3) is 0 Å². The van der Waals surface area contributed by atoms with Gasteiger partial charge in [-0.15, -0.1) is 0 Å². The van der Waals surface area contributed by atoms with E-state index in [0.717, 1.165) is 18.5 Å². The molecule has 0 aliphatic rings. The first-order chi connectivity index (χ1) is 5.76. The quantitative estimate of drug-likeness (QED) is 0.710. The number of aryl methyl sites for hydroxylation is 1. The summed E-state index contributed by atoms with van der Waals surface area (Å²) in [7, 11) is 0. The molecule has 0 fully saturated rings. The molecule has 0 bridgehead atoms. The van der Waals surface area contributed by atoms with Gasteiger partial charge < -0.3 is 4.98 Å². The number of rotatable bonds is 2. The zero-order valence-electron chi connectivity index (χ0n) is 6.92. The minimum absolute atomic E-state index is 0.197. The predicted octanol–water partition coefficient (Wildman–Crippen LogP) is 1.20. The Hall–Kier alpha value is -1.56. The lowest BCUT2D eigenvalue weighted by Gasteiger charge is -1.97. The Morgan fingerprint density at radius 1 is 1.58 bits per heavy atom. The minimum Gasteiger partial charge on any atom is -0.326 e. The summed E-state index contributed by atoms with van der Waals surface area (Å²) >= 11 is 0. The molecule has 0 unspecified atom stereocenters. The molecule has 1 aromatic heterocycles. The smallest absolute Gasteiger partial charge is 0.249 e. The van der Waals surface area contributed by atoms with Gasteiger partial charge in [0.1, 0.15) is 0 Å². The van der Waals surface area contributed by atoms with Crippen LogP contribution in [0.5, 0.6) is 0 Å². The topological polar surface area (TPSA) is 56.6 Å². The van der Waals surface area contributed by atoms with Gasteiger partial charge in [-0.25, -0.2) is 0 Å². The van der Waals surface area contributed by atoms with E-state index in [-0.39, 0.29) is 5.56 Å². The molecule has 0 aliphatic heterocycles. The maximum absolute atomic E-state index is 10.9. The van der Waals surface area contributed by atoms with Crippen molar-refractivity contribution < 1.29 is 0 Å². The Morgan fingerprint density at radius 2 is 2.33 bits per heavy atom. The maximum Gasteiger partial charge on any atom is 0.249 e. The molecule has 1 N–H and O–H groups in total. The second-order valence-electron chi connectivity index (χ2n) is 2.62. The van der Waals surface area contributed by atoms with Crippen molar-refractivity contribution in [3.05, 3.63) is 33.7 Å². The van der Waals surface area contributed by atoms with Crippen molar-refractivity contribution >= 4 is 0 Å². The molecule has 0 amide bonds. The standard InChI is InChI=1S/C9H10N2O/c1-2-3-8-4-7(6-10)5-9(12)11-8/h4-5H,2-3H2,1H3,(H,11,12). The van der Waals surface area contributed by atoms with E-state index in [1.54, 1.807) is 6.07 Å². The molecule has 0 saturated carbocycles. The van der Waals surface area contributed by atoms with Crippen molar-refractivity contribution in [2.45, 2.75) is 19.8 Å². The van der Waals surface area contributed by atoms with Crippen LogP contribution >= 0.6 is 0 Å². The van der Waals surface area contributed by atoms with Gasteiger partial charge in [-0.1, -0.05) is 13.3 Å². The molecule has 0 aliphatic carbocycles. The number of hydrogen-bond donors (Lipinski definition) is 1. The van der Waals surface area contributed by atoms with E-state index in [0.29, 0.717) is 5.56 Å². The Morgan fingerprint density at radius 3 is 2.92 bits per heavy atom. The van der Waals surface area contributed by atoms with E-state index >= 15 is 0 Å². The summed E-state index contributed by atoms with van der Waals surface area (Å²) in [5.74, 6) is 0. The van der Waals surface area contributed by atoms with Crippen LogP contribution in [0.2, 0.25) is 0 Å². The number of hydrogen-bond acceptors (Lipinski definition) is 2. The highest BCUT2D eigenvalue weighted by atomic mass is 16.1. The zero-order valence-corrected chi connectivity index (χ0v) is 6.92. The Bertz CT molecular complexity index is 360. The molecule has 1 heterocycles. The fourth-order valence-corrected chi connectivity index (χ4v) is 1.07. The lowest BCUT2D eigenvalue weighted by atomic mass is 10.2. The molecule has 3 heteroatoms. The summed E-state index contributed by atoms with van der Waals surface area (Å²) in [6.07, 6.45) is 1.77. The summed E-state index contributed by atoms with van der Waals surface area (Å²) in [6.45, 7) is 2.03. The van der Waals surface area contributed by atoms with Gasteiger partial charge in [0.05, 0.1) is 11.6 Å². The molecule has 0 atom stereocenters. The SMILES string of the molecule is CCCc1cc(C#N)cc(=O)[nH]1. The van der Waals surface area contributed by atoms with Gasteiger partial charge in [0.15, 0.2) is 0 Å². The molecule has 0 radical (unpaired) electrons. The number of aromatic amines is 1. The number of H-pyrrole nitrogens is 1. The third-order valence-electron chi connectivity index (χ3n) is 1.55. The molecule has 0 saturated heterocycles. The number of nitrogens with zero attached hydrogens (tertiary/aromatic N) is 1. The van der Waals surface area contributed by atoms with Crippen LogP contribution in [0.3, 0.4) is 0 Å². The fourth-order valence-electron chi connectivity index (χ4n) is 1.07. The van der Waals surface area contributed by atoms with Gasteiger partial charge in [0, 0.05) is 11.8 Å². The van der Waals surface area contributed by atoms with E-state index in [1.165, 1.54) is 6.07 Å². The number of pyridine rings is 1. The van der Waals surface area contributed by atoms with Crippen LogP contribution in [-0.2, 0) is 6.42 Å². The van der Waals surface area contributed by atoms with Crippen molar-refractivity contribution in [2.75, 3.05) is 0 Å². The van der Waals surface area contributed by atoms with Crippen LogP contribution < -0.4 is 5.56 Å². The van der Waals surface area contributed by atoms with Crippen LogP contribution in [0.4, 0.5) is 0 Å².